The lowest BCUT2D eigenvalue weighted by Crippen LogP contribution is -2.41. The summed E-state index contributed by atoms with van der Waals surface area (Å²) in [5, 5.41) is 5.95. The first-order chi connectivity index (χ1) is 8.16. The van der Waals surface area contributed by atoms with Crippen LogP contribution in [0.5, 0.6) is 0 Å². The third kappa shape index (κ3) is 3.20. The van der Waals surface area contributed by atoms with E-state index in [9.17, 15) is 9.18 Å². The summed E-state index contributed by atoms with van der Waals surface area (Å²) >= 11 is 1.72. The minimum absolute atomic E-state index is 0.0111. The van der Waals surface area contributed by atoms with Crippen molar-refractivity contribution in [3.63, 3.8) is 0 Å². The lowest BCUT2D eigenvalue weighted by molar-refractivity contribution is -0.122. The molecule has 0 spiro atoms. The average Bonchev–Trinajstić information content (AvgIpc) is 2.84. The van der Waals surface area contributed by atoms with Crippen molar-refractivity contribution in [2.24, 2.45) is 0 Å². The molecular formula is C12H15FN2OS. The second kappa shape index (κ2) is 5.51. The Balaban J connectivity index is 1.88. The van der Waals surface area contributed by atoms with Crippen LogP contribution in [0.15, 0.2) is 18.2 Å². The summed E-state index contributed by atoms with van der Waals surface area (Å²) in [6.45, 7) is 2.17. The molecule has 2 rings (SSSR count). The molecule has 1 unspecified atom stereocenters. The van der Waals surface area contributed by atoms with Gasteiger partial charge in [0.2, 0.25) is 5.91 Å². The van der Waals surface area contributed by atoms with Gasteiger partial charge in [-0.3, -0.25) is 10.1 Å². The van der Waals surface area contributed by atoms with Crippen LogP contribution in [0, 0.1) is 12.7 Å². The van der Waals surface area contributed by atoms with Crippen LogP contribution in [0.4, 0.5) is 4.39 Å². The van der Waals surface area contributed by atoms with Gasteiger partial charge in [-0.25, -0.2) is 4.39 Å². The molecule has 5 heteroatoms. The SMILES string of the molecule is Cc1cc(CNC(=O)C2CSCN2)ccc1F. The molecule has 0 saturated carbocycles. The zero-order chi connectivity index (χ0) is 12.3. The van der Waals surface area contributed by atoms with Gasteiger partial charge in [-0.2, -0.15) is 0 Å². The third-order valence-corrected chi connectivity index (χ3v) is 3.66. The normalized spacial score (nSPS) is 19.3. The van der Waals surface area contributed by atoms with E-state index in [1.54, 1.807) is 30.8 Å². The molecule has 0 bridgehead atoms. The fourth-order valence-corrected chi connectivity index (χ4v) is 2.63. The van der Waals surface area contributed by atoms with Gasteiger partial charge in [-0.1, -0.05) is 12.1 Å². The van der Waals surface area contributed by atoms with Crippen LogP contribution in [0.1, 0.15) is 11.1 Å². The maximum Gasteiger partial charge on any atom is 0.238 e. The van der Waals surface area contributed by atoms with E-state index in [0.717, 1.165) is 17.2 Å². The maximum atomic E-state index is 13.0. The summed E-state index contributed by atoms with van der Waals surface area (Å²) in [6.07, 6.45) is 0. The number of halogens is 1. The molecule has 1 fully saturated rings. The number of nitrogens with one attached hydrogen (secondary N) is 2. The van der Waals surface area contributed by atoms with Crippen LogP contribution < -0.4 is 10.6 Å². The minimum Gasteiger partial charge on any atom is -0.351 e. The molecular weight excluding hydrogens is 239 g/mol. The van der Waals surface area contributed by atoms with Crippen molar-refractivity contribution >= 4 is 17.7 Å². The standard InChI is InChI=1S/C12H15FN2OS/c1-8-4-9(2-3-10(8)13)5-14-12(16)11-6-17-7-15-11/h2-4,11,15H,5-7H2,1H3,(H,14,16). The molecule has 0 aromatic heterocycles. The van der Waals surface area contributed by atoms with Gasteiger partial charge in [0, 0.05) is 18.2 Å². The number of carbonyl (C=O) groups is 1. The van der Waals surface area contributed by atoms with Gasteiger partial charge in [0.25, 0.3) is 0 Å². The van der Waals surface area contributed by atoms with Crippen molar-refractivity contribution in [2.45, 2.75) is 19.5 Å². The molecule has 1 aliphatic heterocycles. The molecule has 0 aliphatic carbocycles. The molecule has 1 aromatic rings. The molecule has 0 radical (unpaired) electrons. The molecule has 1 aliphatic rings. The Morgan fingerprint density at radius 2 is 2.47 bits per heavy atom. The van der Waals surface area contributed by atoms with Gasteiger partial charge >= 0.3 is 0 Å². The monoisotopic (exact) mass is 254 g/mol. The maximum absolute atomic E-state index is 13.0. The van der Waals surface area contributed by atoms with Gasteiger partial charge in [0.15, 0.2) is 0 Å². The van der Waals surface area contributed by atoms with Gasteiger partial charge in [0.1, 0.15) is 5.82 Å². The fraction of sp³-hybridized carbons (Fsp3) is 0.417. The van der Waals surface area contributed by atoms with Crippen LogP contribution in [-0.2, 0) is 11.3 Å². The molecule has 1 saturated heterocycles. The number of hydrogen-bond donors (Lipinski definition) is 2. The number of benzene rings is 1. The van der Waals surface area contributed by atoms with Gasteiger partial charge in [0.05, 0.1) is 6.04 Å². The second-order valence-electron chi connectivity index (χ2n) is 4.07. The van der Waals surface area contributed by atoms with Crippen LogP contribution in [0.2, 0.25) is 0 Å². The topological polar surface area (TPSA) is 41.1 Å². The first-order valence-corrected chi connectivity index (χ1v) is 6.66. The predicted molar refractivity (Wildman–Crippen MR) is 67.2 cm³/mol. The minimum atomic E-state index is -0.214. The van der Waals surface area contributed by atoms with E-state index in [-0.39, 0.29) is 17.8 Å². The van der Waals surface area contributed by atoms with E-state index in [2.05, 4.69) is 10.6 Å². The molecule has 2 N–H and O–H groups in total. The van der Waals surface area contributed by atoms with Crippen molar-refractivity contribution in [3.05, 3.63) is 35.1 Å². The van der Waals surface area contributed by atoms with Crippen molar-refractivity contribution < 1.29 is 9.18 Å². The number of aryl methyl sites for hydroxylation is 1. The Morgan fingerprint density at radius 1 is 1.65 bits per heavy atom. The van der Waals surface area contributed by atoms with Crippen molar-refractivity contribution in [1.29, 1.82) is 0 Å². The first kappa shape index (κ1) is 12.4. The lowest BCUT2D eigenvalue weighted by Gasteiger charge is -2.10. The van der Waals surface area contributed by atoms with Crippen molar-refractivity contribution in [3.8, 4) is 0 Å². The van der Waals surface area contributed by atoms with E-state index in [1.165, 1.54) is 6.07 Å². The van der Waals surface area contributed by atoms with E-state index in [4.69, 9.17) is 0 Å². The number of carbonyl (C=O) groups excluding carboxylic acids is 1. The Labute approximate surface area is 104 Å². The first-order valence-electron chi connectivity index (χ1n) is 5.50. The number of amides is 1. The average molecular weight is 254 g/mol. The number of rotatable bonds is 3. The summed E-state index contributed by atoms with van der Waals surface area (Å²) in [4.78, 5) is 11.7. The molecule has 92 valence electrons. The highest BCUT2D eigenvalue weighted by Gasteiger charge is 2.21. The van der Waals surface area contributed by atoms with Crippen LogP contribution in [0.25, 0.3) is 0 Å². The van der Waals surface area contributed by atoms with Crippen molar-refractivity contribution in [2.75, 3.05) is 11.6 Å². The zero-order valence-electron chi connectivity index (χ0n) is 9.63. The Bertz CT molecular complexity index is 419. The summed E-state index contributed by atoms with van der Waals surface area (Å²) in [5.74, 6) is 1.44. The summed E-state index contributed by atoms with van der Waals surface area (Å²) in [5.41, 5.74) is 1.52. The molecule has 1 aromatic carbocycles. The highest BCUT2D eigenvalue weighted by atomic mass is 32.2. The van der Waals surface area contributed by atoms with Gasteiger partial charge in [-0.05, 0) is 24.1 Å². The summed E-state index contributed by atoms with van der Waals surface area (Å²) < 4.78 is 13.0. The largest absolute Gasteiger partial charge is 0.351 e. The van der Waals surface area contributed by atoms with Crippen LogP contribution in [0.3, 0.4) is 0 Å². The van der Waals surface area contributed by atoms with Gasteiger partial charge in [-0.15, -0.1) is 11.8 Å². The van der Waals surface area contributed by atoms with Crippen LogP contribution in [-0.4, -0.2) is 23.6 Å². The smallest absolute Gasteiger partial charge is 0.238 e. The molecule has 17 heavy (non-hydrogen) atoms. The highest BCUT2D eigenvalue weighted by Crippen LogP contribution is 2.11. The van der Waals surface area contributed by atoms with E-state index >= 15 is 0 Å². The molecule has 1 atom stereocenters. The fourth-order valence-electron chi connectivity index (χ4n) is 1.69. The molecule has 1 heterocycles. The Kier molecular flexibility index (Phi) is 4.02. The summed E-state index contributed by atoms with van der Waals surface area (Å²) in [7, 11) is 0. The quantitative estimate of drug-likeness (QED) is 0.857. The lowest BCUT2D eigenvalue weighted by atomic mass is 10.1. The van der Waals surface area contributed by atoms with Crippen LogP contribution >= 0.6 is 11.8 Å². The van der Waals surface area contributed by atoms with Gasteiger partial charge < -0.3 is 5.32 Å². The number of hydrogen-bond acceptors (Lipinski definition) is 3. The Morgan fingerprint density at radius 3 is 3.12 bits per heavy atom. The zero-order valence-corrected chi connectivity index (χ0v) is 10.4. The number of thioether (sulfide) groups is 1. The van der Waals surface area contributed by atoms with E-state index < -0.39 is 0 Å². The Hall–Kier alpha value is -1.07. The third-order valence-electron chi connectivity index (χ3n) is 2.72. The van der Waals surface area contributed by atoms with Crippen molar-refractivity contribution in [1.82, 2.24) is 10.6 Å². The second-order valence-corrected chi connectivity index (χ2v) is 5.10. The summed E-state index contributed by atoms with van der Waals surface area (Å²) in [6, 6.07) is 4.79. The highest BCUT2D eigenvalue weighted by molar-refractivity contribution is 7.99. The molecule has 1 amide bonds. The predicted octanol–water partition coefficient (Wildman–Crippen LogP) is 1.41. The van der Waals surface area contributed by atoms with E-state index in [1.807, 2.05) is 0 Å². The van der Waals surface area contributed by atoms with E-state index in [0.29, 0.717) is 12.1 Å². The molecule has 3 nitrogen and oxygen atoms in total.